The molecule has 2 aliphatic rings. The van der Waals surface area contributed by atoms with Crippen LogP contribution in [0, 0.1) is 5.41 Å². The van der Waals surface area contributed by atoms with E-state index >= 15 is 0 Å². The van der Waals surface area contributed by atoms with Crippen LogP contribution in [0.1, 0.15) is 40.0 Å². The maximum absolute atomic E-state index is 4.67. The molecule has 0 saturated carbocycles. The molecule has 0 spiro atoms. The second kappa shape index (κ2) is 5.83. The van der Waals surface area contributed by atoms with Crippen LogP contribution in [0.4, 0.5) is 0 Å². The van der Waals surface area contributed by atoms with Crippen molar-refractivity contribution in [2.24, 2.45) is 10.4 Å². The van der Waals surface area contributed by atoms with E-state index in [1.165, 1.54) is 37.5 Å². The standard InChI is InChI=1S/C14H27N3S/c1-14(2,3)9-12-10-15-13(18-12)16-11-5-7-17(4)8-6-11/h11-12H,5-10H2,1-4H3,(H,15,16). The van der Waals surface area contributed by atoms with Gasteiger partial charge in [-0.2, -0.15) is 0 Å². The van der Waals surface area contributed by atoms with E-state index in [1.807, 2.05) is 11.8 Å². The molecule has 0 radical (unpaired) electrons. The summed E-state index contributed by atoms with van der Waals surface area (Å²) >= 11 is 1.96. The van der Waals surface area contributed by atoms with Crippen molar-refractivity contribution in [3.05, 3.63) is 0 Å². The molecule has 0 aromatic heterocycles. The Hall–Kier alpha value is -0.220. The summed E-state index contributed by atoms with van der Waals surface area (Å²) in [4.78, 5) is 7.08. The molecule has 1 fully saturated rings. The van der Waals surface area contributed by atoms with Gasteiger partial charge in [0.2, 0.25) is 0 Å². The fourth-order valence-corrected chi connectivity index (χ4v) is 4.05. The van der Waals surface area contributed by atoms with Crippen LogP contribution in [0.25, 0.3) is 0 Å². The monoisotopic (exact) mass is 269 g/mol. The number of rotatable bonds is 2. The molecule has 2 heterocycles. The largest absolute Gasteiger partial charge is 0.362 e. The minimum atomic E-state index is 0.413. The third kappa shape index (κ3) is 4.47. The second-order valence-electron chi connectivity index (χ2n) is 6.87. The van der Waals surface area contributed by atoms with E-state index in [4.69, 9.17) is 0 Å². The van der Waals surface area contributed by atoms with Gasteiger partial charge in [-0.1, -0.05) is 32.5 Å². The van der Waals surface area contributed by atoms with Gasteiger partial charge in [0.25, 0.3) is 0 Å². The summed E-state index contributed by atoms with van der Waals surface area (Å²) < 4.78 is 0. The molecule has 1 unspecified atom stereocenters. The quantitative estimate of drug-likeness (QED) is 0.835. The lowest BCUT2D eigenvalue weighted by molar-refractivity contribution is 0.247. The summed E-state index contributed by atoms with van der Waals surface area (Å²) in [7, 11) is 2.21. The van der Waals surface area contributed by atoms with Crippen molar-refractivity contribution in [2.45, 2.75) is 51.3 Å². The first kappa shape index (κ1) is 14.2. The van der Waals surface area contributed by atoms with E-state index in [0.29, 0.717) is 16.7 Å². The molecular formula is C14H27N3S. The number of nitrogens with zero attached hydrogens (tertiary/aromatic N) is 2. The number of piperidine rings is 1. The topological polar surface area (TPSA) is 27.6 Å². The van der Waals surface area contributed by atoms with Crippen molar-refractivity contribution in [1.82, 2.24) is 10.2 Å². The summed E-state index contributed by atoms with van der Waals surface area (Å²) in [6.45, 7) is 10.4. The Morgan fingerprint density at radius 2 is 2.00 bits per heavy atom. The SMILES string of the molecule is CN1CCC(NC2=NCC(CC(C)(C)C)S2)CC1. The van der Waals surface area contributed by atoms with Crippen molar-refractivity contribution < 1.29 is 0 Å². The summed E-state index contributed by atoms with van der Waals surface area (Å²) in [5, 5.41) is 5.51. The Bertz CT molecular complexity index is 301. The Labute approximate surface area is 116 Å². The van der Waals surface area contributed by atoms with Gasteiger partial charge in [0.1, 0.15) is 0 Å². The van der Waals surface area contributed by atoms with Crippen LogP contribution in [0.2, 0.25) is 0 Å². The molecule has 1 N–H and O–H groups in total. The molecule has 104 valence electrons. The molecule has 2 aliphatic heterocycles. The van der Waals surface area contributed by atoms with Crippen molar-refractivity contribution >= 4 is 16.9 Å². The summed E-state index contributed by atoms with van der Waals surface area (Å²) in [6.07, 6.45) is 3.75. The van der Waals surface area contributed by atoms with Gasteiger partial charge in [-0.3, -0.25) is 4.99 Å². The lowest BCUT2D eigenvalue weighted by atomic mass is 9.90. The molecule has 2 rings (SSSR count). The lowest BCUT2D eigenvalue weighted by Crippen LogP contribution is -2.42. The zero-order valence-electron chi connectivity index (χ0n) is 12.2. The Kier molecular flexibility index (Phi) is 4.59. The van der Waals surface area contributed by atoms with Crippen LogP contribution in [0.15, 0.2) is 4.99 Å². The highest BCUT2D eigenvalue weighted by atomic mass is 32.2. The van der Waals surface area contributed by atoms with Crippen molar-refractivity contribution in [3.8, 4) is 0 Å². The molecule has 1 atom stereocenters. The minimum absolute atomic E-state index is 0.413. The molecule has 1 saturated heterocycles. The molecule has 0 bridgehead atoms. The number of aliphatic imine (C=N–C) groups is 1. The number of hydrogen-bond acceptors (Lipinski definition) is 4. The summed E-state index contributed by atoms with van der Waals surface area (Å²) in [5.74, 6) is 0. The highest BCUT2D eigenvalue weighted by molar-refractivity contribution is 8.14. The van der Waals surface area contributed by atoms with Gasteiger partial charge in [0.05, 0.1) is 6.54 Å². The van der Waals surface area contributed by atoms with Gasteiger partial charge in [-0.25, -0.2) is 0 Å². The molecule has 0 aliphatic carbocycles. The van der Waals surface area contributed by atoms with Crippen LogP contribution in [0.5, 0.6) is 0 Å². The van der Waals surface area contributed by atoms with E-state index in [9.17, 15) is 0 Å². The Morgan fingerprint density at radius 3 is 2.61 bits per heavy atom. The van der Waals surface area contributed by atoms with Crippen molar-refractivity contribution in [3.63, 3.8) is 0 Å². The first-order valence-corrected chi connectivity index (χ1v) is 7.96. The van der Waals surface area contributed by atoms with Crippen LogP contribution < -0.4 is 5.32 Å². The zero-order valence-corrected chi connectivity index (χ0v) is 13.0. The summed E-state index contributed by atoms with van der Waals surface area (Å²) in [6, 6.07) is 0.640. The van der Waals surface area contributed by atoms with Crippen LogP contribution >= 0.6 is 11.8 Å². The van der Waals surface area contributed by atoms with Gasteiger partial charge in [-0.05, 0) is 44.8 Å². The number of hydrogen-bond donors (Lipinski definition) is 1. The molecule has 18 heavy (non-hydrogen) atoms. The third-order valence-corrected chi connectivity index (χ3v) is 4.72. The van der Waals surface area contributed by atoms with Gasteiger partial charge in [0, 0.05) is 11.3 Å². The first-order valence-electron chi connectivity index (χ1n) is 7.08. The maximum Gasteiger partial charge on any atom is 0.157 e. The van der Waals surface area contributed by atoms with E-state index in [1.54, 1.807) is 0 Å². The van der Waals surface area contributed by atoms with Crippen molar-refractivity contribution in [1.29, 1.82) is 0 Å². The van der Waals surface area contributed by atoms with Crippen molar-refractivity contribution in [2.75, 3.05) is 26.7 Å². The predicted molar refractivity (Wildman–Crippen MR) is 81.4 cm³/mol. The van der Waals surface area contributed by atoms with Gasteiger partial charge in [0.15, 0.2) is 5.17 Å². The molecule has 4 heteroatoms. The highest BCUT2D eigenvalue weighted by Gasteiger charge is 2.26. The van der Waals surface area contributed by atoms with Gasteiger partial charge in [-0.15, -0.1) is 0 Å². The maximum atomic E-state index is 4.67. The minimum Gasteiger partial charge on any atom is -0.362 e. The van der Waals surface area contributed by atoms with Crippen LogP contribution in [-0.4, -0.2) is 48.0 Å². The first-order chi connectivity index (χ1) is 8.42. The normalized spacial score (nSPS) is 27.3. The zero-order chi connectivity index (χ0) is 13.2. The van der Waals surface area contributed by atoms with Crippen LogP contribution in [0.3, 0.4) is 0 Å². The molecule has 0 aromatic rings. The van der Waals surface area contributed by atoms with Gasteiger partial charge >= 0.3 is 0 Å². The number of thioether (sulfide) groups is 1. The number of nitrogens with one attached hydrogen (secondary N) is 1. The molecule has 0 amide bonds. The van der Waals surface area contributed by atoms with E-state index in [0.717, 1.165) is 6.54 Å². The average Bonchev–Trinajstić information content (AvgIpc) is 2.66. The predicted octanol–water partition coefficient (Wildman–Crippen LogP) is 2.58. The molecule has 0 aromatic carbocycles. The third-order valence-electron chi connectivity index (χ3n) is 3.60. The smallest absolute Gasteiger partial charge is 0.157 e. The highest BCUT2D eigenvalue weighted by Crippen LogP contribution is 2.31. The van der Waals surface area contributed by atoms with Gasteiger partial charge < -0.3 is 10.2 Å². The fraction of sp³-hybridized carbons (Fsp3) is 0.929. The number of likely N-dealkylation sites (tertiary alicyclic amines) is 1. The number of amidine groups is 1. The van der Waals surface area contributed by atoms with E-state index in [-0.39, 0.29) is 0 Å². The van der Waals surface area contributed by atoms with Crippen LogP contribution in [-0.2, 0) is 0 Å². The van der Waals surface area contributed by atoms with E-state index in [2.05, 4.69) is 43.0 Å². The van der Waals surface area contributed by atoms with E-state index < -0.39 is 0 Å². The lowest BCUT2D eigenvalue weighted by Gasteiger charge is -2.30. The Morgan fingerprint density at radius 1 is 1.33 bits per heavy atom. The summed E-state index contributed by atoms with van der Waals surface area (Å²) in [5.41, 5.74) is 0.413. The second-order valence-corrected chi connectivity index (χ2v) is 8.16. The molecule has 3 nitrogen and oxygen atoms in total. The molecular weight excluding hydrogens is 242 g/mol. The Balaban J connectivity index is 1.72. The average molecular weight is 269 g/mol. The fourth-order valence-electron chi connectivity index (χ4n) is 2.61.